The highest BCUT2D eigenvalue weighted by Crippen LogP contribution is 2.31. The van der Waals surface area contributed by atoms with Crippen molar-refractivity contribution in [3.8, 4) is 0 Å². The Bertz CT molecular complexity index is 1330. The molecule has 1 fully saturated rings. The lowest BCUT2D eigenvalue weighted by molar-refractivity contribution is 0.0619. The third-order valence-electron chi connectivity index (χ3n) is 8.25. The molecule has 0 saturated carbocycles. The summed E-state index contributed by atoms with van der Waals surface area (Å²) in [5, 5.41) is 0. The van der Waals surface area contributed by atoms with E-state index in [1.54, 1.807) is 31.3 Å². The van der Waals surface area contributed by atoms with E-state index in [4.69, 9.17) is 4.74 Å². The average Bonchev–Trinajstić information content (AvgIpc) is 3.01. The minimum absolute atomic E-state index is 0.155. The Hall–Kier alpha value is -3.20. The normalized spacial score (nSPS) is 16.3. The second kappa shape index (κ2) is 14.1. The molecule has 0 spiro atoms. The van der Waals surface area contributed by atoms with Gasteiger partial charge in [-0.05, 0) is 56.0 Å². The van der Waals surface area contributed by atoms with Crippen LogP contribution in [0.1, 0.15) is 44.2 Å². The van der Waals surface area contributed by atoms with Crippen LogP contribution in [0.4, 0.5) is 4.79 Å². The van der Waals surface area contributed by atoms with Gasteiger partial charge in [0.1, 0.15) is 6.61 Å². The number of hydrogen-bond acceptors (Lipinski definition) is 5. The lowest BCUT2D eigenvalue weighted by atomic mass is 9.79. The number of benzene rings is 3. The maximum atomic E-state index is 13.3. The lowest BCUT2D eigenvalue weighted by Crippen LogP contribution is -2.48. The third kappa shape index (κ3) is 7.97. The van der Waals surface area contributed by atoms with Crippen LogP contribution in [-0.2, 0) is 26.8 Å². The molecule has 8 heteroatoms. The monoisotopic (exact) mass is 577 g/mol. The second-order valence-electron chi connectivity index (χ2n) is 11.1. The maximum Gasteiger partial charge on any atom is 0.410 e. The fraction of sp³-hybridized carbons (Fsp3) is 0.424. The Morgan fingerprint density at radius 2 is 1.49 bits per heavy atom. The van der Waals surface area contributed by atoms with Crippen molar-refractivity contribution in [2.45, 2.75) is 56.1 Å². The average molecular weight is 578 g/mol. The Morgan fingerprint density at radius 1 is 0.927 bits per heavy atom. The van der Waals surface area contributed by atoms with Crippen LogP contribution in [0.3, 0.4) is 0 Å². The first kappa shape index (κ1) is 30.8. The predicted molar refractivity (Wildman–Crippen MR) is 163 cm³/mol. The SMILES string of the molecule is CCN(C(=O)OCc1ccccc1)C1CCN(CC[C@](C)(CN(C)S(=O)(=O)c2ccccc2)c2ccccc2)CC1. The van der Waals surface area contributed by atoms with Crippen molar-refractivity contribution in [1.29, 1.82) is 0 Å². The molecule has 4 rings (SSSR count). The molecule has 3 aromatic carbocycles. The highest BCUT2D eigenvalue weighted by molar-refractivity contribution is 7.89. The molecule has 0 unspecified atom stereocenters. The predicted octanol–water partition coefficient (Wildman–Crippen LogP) is 5.78. The number of likely N-dealkylation sites (N-methyl/N-ethyl adjacent to an activating group) is 1. The van der Waals surface area contributed by atoms with E-state index in [1.807, 2.05) is 66.4 Å². The standard InChI is InChI=1S/C33H43N3O4S/c1-4-36(32(37)40-26-28-14-8-5-9-15-28)30-20-23-35(24-21-30)25-22-33(2,29-16-10-6-11-17-29)27-34(3)41(38,39)31-18-12-7-13-19-31/h5-19,30H,4,20-27H2,1-3H3/t33-/m1/s1. The van der Waals surface area contributed by atoms with Crippen molar-refractivity contribution in [2.75, 3.05) is 39.8 Å². The van der Waals surface area contributed by atoms with Crippen LogP contribution in [0.25, 0.3) is 0 Å². The van der Waals surface area contributed by atoms with Gasteiger partial charge >= 0.3 is 6.09 Å². The van der Waals surface area contributed by atoms with Gasteiger partial charge in [-0.3, -0.25) is 0 Å². The van der Waals surface area contributed by atoms with Gasteiger partial charge in [-0.25, -0.2) is 17.5 Å². The lowest BCUT2D eigenvalue weighted by Gasteiger charge is -2.40. The number of carbonyl (C=O) groups excluding carboxylic acids is 1. The Kier molecular flexibility index (Phi) is 10.6. The van der Waals surface area contributed by atoms with E-state index in [0.717, 1.165) is 50.0 Å². The fourth-order valence-corrected chi connectivity index (χ4v) is 7.02. The number of carbonyl (C=O) groups is 1. The molecular weight excluding hydrogens is 534 g/mol. The van der Waals surface area contributed by atoms with Gasteiger partial charge in [0.05, 0.1) is 4.90 Å². The van der Waals surface area contributed by atoms with Crippen molar-refractivity contribution in [3.05, 3.63) is 102 Å². The number of amides is 1. The van der Waals surface area contributed by atoms with Gasteiger partial charge < -0.3 is 14.5 Å². The van der Waals surface area contributed by atoms with E-state index < -0.39 is 10.0 Å². The summed E-state index contributed by atoms with van der Waals surface area (Å²) < 4.78 is 33.8. The van der Waals surface area contributed by atoms with Crippen LogP contribution in [0, 0.1) is 0 Å². The first-order chi connectivity index (χ1) is 19.7. The summed E-state index contributed by atoms with van der Waals surface area (Å²) in [7, 11) is -1.93. The fourth-order valence-electron chi connectivity index (χ4n) is 5.70. The molecule has 41 heavy (non-hydrogen) atoms. The van der Waals surface area contributed by atoms with E-state index in [9.17, 15) is 13.2 Å². The van der Waals surface area contributed by atoms with Crippen LogP contribution in [0.5, 0.6) is 0 Å². The highest BCUT2D eigenvalue weighted by atomic mass is 32.2. The summed E-state index contributed by atoms with van der Waals surface area (Å²) in [4.78, 5) is 17.5. The van der Waals surface area contributed by atoms with Gasteiger partial charge in [-0.1, -0.05) is 85.8 Å². The van der Waals surface area contributed by atoms with Gasteiger partial charge in [0, 0.05) is 44.7 Å². The summed E-state index contributed by atoms with van der Waals surface area (Å²) in [6.45, 7) is 8.05. The highest BCUT2D eigenvalue weighted by Gasteiger charge is 2.34. The summed E-state index contributed by atoms with van der Waals surface area (Å²) >= 11 is 0. The molecule has 1 saturated heterocycles. The van der Waals surface area contributed by atoms with Crippen LogP contribution in [0.2, 0.25) is 0 Å². The smallest absolute Gasteiger partial charge is 0.410 e. The van der Waals surface area contributed by atoms with Gasteiger partial charge in [-0.15, -0.1) is 0 Å². The van der Waals surface area contributed by atoms with Gasteiger partial charge in [0.15, 0.2) is 0 Å². The molecule has 0 radical (unpaired) electrons. The number of nitrogens with zero attached hydrogens (tertiary/aromatic N) is 3. The molecule has 1 amide bonds. The number of ether oxygens (including phenoxy) is 1. The zero-order valence-corrected chi connectivity index (χ0v) is 25.3. The number of rotatable bonds is 12. The van der Waals surface area contributed by atoms with E-state index in [2.05, 4.69) is 24.0 Å². The van der Waals surface area contributed by atoms with Crippen molar-refractivity contribution in [1.82, 2.24) is 14.1 Å². The number of sulfonamides is 1. The number of piperidine rings is 1. The zero-order valence-electron chi connectivity index (χ0n) is 24.5. The van der Waals surface area contributed by atoms with Crippen LogP contribution in [0.15, 0.2) is 95.9 Å². The van der Waals surface area contributed by atoms with Crippen molar-refractivity contribution >= 4 is 16.1 Å². The minimum Gasteiger partial charge on any atom is -0.445 e. The van der Waals surface area contributed by atoms with Crippen LogP contribution < -0.4 is 0 Å². The molecular formula is C33H43N3O4S. The quantitative estimate of drug-likeness (QED) is 0.273. The minimum atomic E-state index is -3.60. The summed E-state index contributed by atoms with van der Waals surface area (Å²) in [6.07, 6.45) is 2.33. The molecule has 1 aliphatic rings. The van der Waals surface area contributed by atoms with Crippen LogP contribution >= 0.6 is 0 Å². The van der Waals surface area contributed by atoms with E-state index in [-0.39, 0.29) is 24.2 Å². The molecule has 1 heterocycles. The molecule has 0 bridgehead atoms. The number of likely N-dealkylation sites (tertiary alicyclic amines) is 1. The summed E-state index contributed by atoms with van der Waals surface area (Å²) in [5.74, 6) is 0. The van der Waals surface area contributed by atoms with E-state index in [1.165, 1.54) is 4.31 Å². The third-order valence-corrected chi connectivity index (χ3v) is 10.1. The summed E-state index contributed by atoms with van der Waals surface area (Å²) in [6, 6.07) is 28.7. The molecule has 1 atom stereocenters. The van der Waals surface area contributed by atoms with E-state index >= 15 is 0 Å². The molecule has 3 aromatic rings. The number of hydrogen-bond donors (Lipinski definition) is 0. The molecule has 220 valence electrons. The van der Waals surface area contributed by atoms with Crippen molar-refractivity contribution in [2.24, 2.45) is 0 Å². The largest absolute Gasteiger partial charge is 0.445 e. The molecule has 0 N–H and O–H groups in total. The van der Waals surface area contributed by atoms with Gasteiger partial charge in [-0.2, -0.15) is 0 Å². The second-order valence-corrected chi connectivity index (χ2v) is 13.2. The molecule has 7 nitrogen and oxygen atoms in total. The molecule has 0 aliphatic carbocycles. The van der Waals surface area contributed by atoms with Gasteiger partial charge in [0.25, 0.3) is 0 Å². The Balaban J connectivity index is 1.35. The first-order valence-corrected chi connectivity index (χ1v) is 15.9. The summed E-state index contributed by atoms with van der Waals surface area (Å²) in [5.41, 5.74) is 1.74. The van der Waals surface area contributed by atoms with Crippen molar-refractivity contribution in [3.63, 3.8) is 0 Å². The maximum absolute atomic E-state index is 13.3. The molecule has 1 aliphatic heterocycles. The Labute approximate surface area is 245 Å². The Morgan fingerprint density at radius 3 is 2.07 bits per heavy atom. The van der Waals surface area contributed by atoms with Crippen molar-refractivity contribution < 1.29 is 17.9 Å². The topological polar surface area (TPSA) is 70.2 Å². The van der Waals surface area contributed by atoms with Gasteiger partial charge in [0.2, 0.25) is 10.0 Å². The van der Waals surface area contributed by atoms with Crippen LogP contribution in [-0.4, -0.2) is 74.4 Å². The zero-order chi connectivity index (χ0) is 29.3. The first-order valence-electron chi connectivity index (χ1n) is 14.5. The van der Waals surface area contributed by atoms with E-state index in [0.29, 0.717) is 18.0 Å². The molecule has 0 aromatic heterocycles.